The van der Waals surface area contributed by atoms with Gasteiger partial charge in [-0.3, -0.25) is 9.48 Å². The lowest BCUT2D eigenvalue weighted by Crippen LogP contribution is -2.19. The monoisotopic (exact) mass is 444 g/mol. The number of alkyl halides is 3. The molecule has 3 aromatic rings. The van der Waals surface area contributed by atoms with E-state index in [0.29, 0.717) is 12.1 Å². The number of aryl methyl sites for hydroxylation is 1. The fraction of sp³-hybridized carbons (Fsp3) is 0.391. The average Bonchev–Trinajstić information content (AvgIpc) is 3.21. The molecule has 0 bridgehead atoms. The first-order chi connectivity index (χ1) is 15.3. The van der Waals surface area contributed by atoms with Crippen molar-refractivity contribution in [3.63, 3.8) is 0 Å². The zero-order chi connectivity index (χ0) is 22.9. The van der Waals surface area contributed by atoms with E-state index < -0.39 is 17.8 Å². The molecule has 1 aliphatic carbocycles. The molecule has 4 rings (SSSR count). The number of aldehydes is 1. The van der Waals surface area contributed by atoms with Gasteiger partial charge in [-0.2, -0.15) is 18.3 Å². The quantitative estimate of drug-likeness (QED) is 0.549. The third kappa shape index (κ3) is 4.51. The lowest BCUT2D eigenvalue weighted by molar-refractivity contribution is -0.141. The Morgan fingerprint density at radius 3 is 2.62 bits per heavy atom. The summed E-state index contributed by atoms with van der Waals surface area (Å²) in [5, 5.41) is 8.22. The van der Waals surface area contributed by atoms with Gasteiger partial charge in [0.1, 0.15) is 17.7 Å². The summed E-state index contributed by atoms with van der Waals surface area (Å²) in [5.74, 6) is -0.584. The molecule has 1 fully saturated rings. The standard InChI is InChI=1S/C23H23F3N4O2/c1-2-15-10-20-16(12-30(29-20)17-8-6-14(13-31)7-9-17)11-19(15)28-22(32)18-4-3-5-21(27-18)23(24,25)26/h3-5,10-14,17H,2,6-9H2,1H3,(H,28,32)/t14-,17-. The summed E-state index contributed by atoms with van der Waals surface area (Å²) in [6.07, 6.45) is 2.37. The number of anilines is 1. The topological polar surface area (TPSA) is 76.9 Å². The highest BCUT2D eigenvalue weighted by Crippen LogP contribution is 2.33. The second-order valence-corrected chi connectivity index (χ2v) is 8.10. The summed E-state index contributed by atoms with van der Waals surface area (Å²) in [7, 11) is 0. The fourth-order valence-electron chi connectivity index (χ4n) is 4.14. The number of carbonyl (C=O) groups excluding carboxylic acids is 2. The molecule has 2 aromatic heterocycles. The van der Waals surface area contributed by atoms with Gasteiger partial charge < -0.3 is 10.1 Å². The first-order valence-corrected chi connectivity index (χ1v) is 10.6. The molecule has 0 unspecified atom stereocenters. The number of hydrogen-bond acceptors (Lipinski definition) is 4. The molecule has 32 heavy (non-hydrogen) atoms. The van der Waals surface area contributed by atoms with Crippen molar-refractivity contribution in [1.29, 1.82) is 0 Å². The number of fused-ring (bicyclic) bond motifs is 1. The molecule has 1 aromatic carbocycles. The highest BCUT2D eigenvalue weighted by Gasteiger charge is 2.33. The maximum absolute atomic E-state index is 12.9. The molecule has 1 aliphatic rings. The molecule has 0 aliphatic heterocycles. The largest absolute Gasteiger partial charge is 0.433 e. The van der Waals surface area contributed by atoms with Gasteiger partial charge in [0.05, 0.1) is 11.6 Å². The Labute approximate surface area is 182 Å². The van der Waals surface area contributed by atoms with Crippen molar-refractivity contribution in [2.45, 2.75) is 51.2 Å². The SMILES string of the molecule is CCc1cc2nn([C@H]3CC[C@H](C=O)CC3)cc2cc1NC(=O)c1cccc(C(F)(F)F)n1. The smallest absolute Gasteiger partial charge is 0.320 e. The zero-order valence-corrected chi connectivity index (χ0v) is 17.5. The molecule has 0 spiro atoms. The summed E-state index contributed by atoms with van der Waals surface area (Å²) >= 11 is 0. The van der Waals surface area contributed by atoms with Crippen molar-refractivity contribution in [2.24, 2.45) is 5.92 Å². The number of carbonyl (C=O) groups is 2. The van der Waals surface area contributed by atoms with Crippen molar-refractivity contribution >= 4 is 28.8 Å². The van der Waals surface area contributed by atoms with E-state index in [1.54, 1.807) is 6.07 Å². The van der Waals surface area contributed by atoms with Crippen LogP contribution < -0.4 is 5.32 Å². The number of nitrogens with zero attached hydrogens (tertiary/aromatic N) is 3. The lowest BCUT2D eigenvalue weighted by Gasteiger charge is -2.25. The van der Waals surface area contributed by atoms with E-state index in [-0.39, 0.29) is 17.7 Å². The van der Waals surface area contributed by atoms with Crippen molar-refractivity contribution in [3.8, 4) is 0 Å². The van der Waals surface area contributed by atoms with E-state index in [2.05, 4.69) is 10.3 Å². The number of amides is 1. The molecule has 1 saturated carbocycles. The van der Waals surface area contributed by atoms with Gasteiger partial charge in [0.25, 0.3) is 5.91 Å². The number of rotatable bonds is 5. The number of nitrogens with one attached hydrogen (secondary N) is 1. The molecule has 0 radical (unpaired) electrons. The average molecular weight is 444 g/mol. The van der Waals surface area contributed by atoms with E-state index >= 15 is 0 Å². The maximum Gasteiger partial charge on any atom is 0.433 e. The number of aromatic nitrogens is 3. The van der Waals surface area contributed by atoms with Crippen LogP contribution in [0.1, 0.15) is 60.4 Å². The Bertz CT molecular complexity index is 1150. The van der Waals surface area contributed by atoms with Crippen LogP contribution in [0.2, 0.25) is 0 Å². The maximum atomic E-state index is 12.9. The molecule has 9 heteroatoms. The second kappa shape index (κ2) is 8.72. The predicted octanol–water partition coefficient (Wildman–Crippen LogP) is 5.20. The molecular weight excluding hydrogens is 421 g/mol. The van der Waals surface area contributed by atoms with E-state index in [0.717, 1.165) is 60.6 Å². The molecule has 168 valence electrons. The van der Waals surface area contributed by atoms with Gasteiger partial charge in [-0.15, -0.1) is 0 Å². The summed E-state index contributed by atoms with van der Waals surface area (Å²) in [4.78, 5) is 27.1. The number of benzene rings is 1. The first kappa shape index (κ1) is 22.0. The van der Waals surface area contributed by atoms with Gasteiger partial charge in [0.2, 0.25) is 0 Å². The van der Waals surface area contributed by atoms with Gasteiger partial charge in [-0.25, -0.2) is 4.98 Å². The summed E-state index contributed by atoms with van der Waals surface area (Å²) in [6, 6.07) is 7.15. The van der Waals surface area contributed by atoms with Crippen molar-refractivity contribution < 1.29 is 22.8 Å². The number of hydrogen-bond donors (Lipinski definition) is 1. The Hall–Kier alpha value is -3.23. The van der Waals surface area contributed by atoms with Crippen LogP contribution in [-0.2, 0) is 17.4 Å². The second-order valence-electron chi connectivity index (χ2n) is 8.10. The van der Waals surface area contributed by atoms with Crippen LogP contribution in [0, 0.1) is 5.92 Å². The molecular formula is C23H23F3N4O2. The van der Waals surface area contributed by atoms with Gasteiger partial charge in [-0.1, -0.05) is 13.0 Å². The van der Waals surface area contributed by atoms with E-state index in [9.17, 15) is 22.8 Å². The molecule has 1 N–H and O–H groups in total. The summed E-state index contributed by atoms with van der Waals surface area (Å²) < 4.78 is 40.7. The van der Waals surface area contributed by atoms with Crippen LogP contribution in [0.4, 0.5) is 18.9 Å². The van der Waals surface area contributed by atoms with E-state index in [1.807, 2.05) is 23.9 Å². The van der Waals surface area contributed by atoms with Crippen molar-refractivity contribution in [1.82, 2.24) is 14.8 Å². The first-order valence-electron chi connectivity index (χ1n) is 10.6. The van der Waals surface area contributed by atoms with Crippen LogP contribution in [0.5, 0.6) is 0 Å². The van der Waals surface area contributed by atoms with Crippen LogP contribution in [0.25, 0.3) is 10.9 Å². The van der Waals surface area contributed by atoms with Crippen molar-refractivity contribution in [3.05, 3.63) is 53.5 Å². The van der Waals surface area contributed by atoms with Crippen LogP contribution in [-0.4, -0.2) is 27.0 Å². The minimum Gasteiger partial charge on any atom is -0.320 e. The van der Waals surface area contributed by atoms with Gasteiger partial charge >= 0.3 is 6.18 Å². The van der Waals surface area contributed by atoms with Gasteiger partial charge in [-0.05, 0) is 61.9 Å². The van der Waals surface area contributed by atoms with Gasteiger partial charge in [0, 0.05) is 23.2 Å². The van der Waals surface area contributed by atoms with Crippen LogP contribution in [0.3, 0.4) is 0 Å². The highest BCUT2D eigenvalue weighted by molar-refractivity contribution is 6.04. The highest BCUT2D eigenvalue weighted by atomic mass is 19.4. The molecule has 6 nitrogen and oxygen atoms in total. The zero-order valence-electron chi connectivity index (χ0n) is 17.5. The third-order valence-electron chi connectivity index (χ3n) is 5.96. The minimum absolute atomic E-state index is 0.120. The Balaban J connectivity index is 1.59. The van der Waals surface area contributed by atoms with Crippen molar-refractivity contribution in [2.75, 3.05) is 5.32 Å². The Morgan fingerprint density at radius 2 is 1.97 bits per heavy atom. The third-order valence-corrected chi connectivity index (χ3v) is 5.96. The Kier molecular flexibility index (Phi) is 5.99. The molecule has 0 atom stereocenters. The summed E-state index contributed by atoms with van der Waals surface area (Å²) in [6.45, 7) is 1.93. The fourth-order valence-corrected chi connectivity index (χ4v) is 4.14. The summed E-state index contributed by atoms with van der Waals surface area (Å²) in [5.41, 5.74) is 0.724. The lowest BCUT2D eigenvalue weighted by atomic mass is 9.87. The van der Waals surface area contributed by atoms with E-state index in [1.165, 1.54) is 6.07 Å². The van der Waals surface area contributed by atoms with Crippen LogP contribution >= 0.6 is 0 Å². The molecule has 2 heterocycles. The minimum atomic E-state index is -4.62. The van der Waals surface area contributed by atoms with Gasteiger partial charge in [0.15, 0.2) is 0 Å². The van der Waals surface area contributed by atoms with Crippen LogP contribution in [0.15, 0.2) is 36.5 Å². The molecule has 0 saturated heterocycles. The normalized spacial score (nSPS) is 19.1. The predicted molar refractivity (Wildman–Crippen MR) is 113 cm³/mol. The molecule has 1 amide bonds. The van der Waals surface area contributed by atoms with E-state index in [4.69, 9.17) is 5.10 Å². The Morgan fingerprint density at radius 1 is 1.22 bits per heavy atom. The number of halogens is 3. The number of pyridine rings is 1.